The van der Waals surface area contributed by atoms with E-state index in [4.69, 9.17) is 10.2 Å². The van der Waals surface area contributed by atoms with Gasteiger partial charge in [0.15, 0.2) is 17.3 Å². The summed E-state index contributed by atoms with van der Waals surface area (Å²) in [5, 5.41) is 17.8. The van der Waals surface area contributed by atoms with Crippen molar-refractivity contribution in [1.82, 2.24) is 0 Å². The van der Waals surface area contributed by atoms with Gasteiger partial charge < -0.3 is 10.2 Å². The van der Waals surface area contributed by atoms with Crippen LogP contribution in [0.25, 0.3) is 5.83 Å². The first-order chi connectivity index (χ1) is 6.04. The number of hydrogen-bond acceptors (Lipinski definition) is 2. The minimum absolute atomic E-state index is 0.645. The predicted molar refractivity (Wildman–Crippen MR) is 40.0 cm³/mol. The molecule has 70 valence electrons. The van der Waals surface area contributed by atoms with Crippen LogP contribution in [0.2, 0.25) is 0 Å². The van der Waals surface area contributed by atoms with Crippen LogP contribution < -0.4 is 0 Å². The summed E-state index contributed by atoms with van der Waals surface area (Å²) in [6.07, 6.45) is -2.54. The first-order valence-corrected chi connectivity index (χ1v) is 3.26. The molecule has 0 atom stereocenters. The van der Waals surface area contributed by atoms with Gasteiger partial charge >= 0.3 is 6.08 Å². The van der Waals surface area contributed by atoms with Crippen LogP contribution in [0.15, 0.2) is 24.3 Å². The Morgan fingerprint density at radius 1 is 1.08 bits per heavy atom. The summed E-state index contributed by atoms with van der Waals surface area (Å²) >= 11 is 0. The van der Waals surface area contributed by atoms with E-state index in [0.29, 0.717) is 0 Å². The highest BCUT2D eigenvalue weighted by Crippen LogP contribution is 2.35. The molecule has 1 rings (SSSR count). The van der Waals surface area contributed by atoms with Crippen molar-refractivity contribution in [3.8, 4) is 11.5 Å². The van der Waals surface area contributed by atoms with Crippen LogP contribution in [0.3, 0.4) is 0 Å². The summed E-state index contributed by atoms with van der Waals surface area (Å²) < 4.78 is 36.0. The number of para-hydroxylation sites is 1. The third-order valence-electron chi connectivity index (χ3n) is 1.42. The highest BCUT2D eigenvalue weighted by Gasteiger charge is 2.14. The van der Waals surface area contributed by atoms with Crippen LogP contribution >= 0.6 is 0 Å². The van der Waals surface area contributed by atoms with Crippen LogP contribution in [0.5, 0.6) is 11.5 Å². The monoisotopic (exact) mass is 190 g/mol. The number of halogens is 3. The van der Waals surface area contributed by atoms with Gasteiger partial charge in [0.05, 0.1) is 5.56 Å². The Morgan fingerprint density at radius 3 is 2.23 bits per heavy atom. The van der Waals surface area contributed by atoms with Crippen molar-refractivity contribution < 1.29 is 23.4 Å². The van der Waals surface area contributed by atoms with Gasteiger partial charge in [-0.1, -0.05) is 6.07 Å². The van der Waals surface area contributed by atoms with Gasteiger partial charge in [-0.15, -0.1) is 0 Å². The molecule has 0 bridgehead atoms. The number of aromatic hydroxyl groups is 2. The molecule has 0 saturated carbocycles. The second-order valence-electron chi connectivity index (χ2n) is 2.25. The van der Waals surface area contributed by atoms with Crippen molar-refractivity contribution in [3.05, 3.63) is 29.8 Å². The number of phenols is 2. The molecule has 0 aromatic heterocycles. The molecule has 0 aliphatic carbocycles. The van der Waals surface area contributed by atoms with E-state index >= 15 is 0 Å². The molecule has 0 heterocycles. The first-order valence-electron chi connectivity index (χ1n) is 3.26. The molecule has 1 aromatic carbocycles. The van der Waals surface area contributed by atoms with Crippen molar-refractivity contribution in [2.45, 2.75) is 0 Å². The largest absolute Gasteiger partial charge is 0.504 e. The standard InChI is InChI=1S/C8H5F3O2/c9-6(8(10)11)4-2-1-3-5(12)7(4)13/h1-3,12-13H. The molecule has 5 heteroatoms. The third kappa shape index (κ3) is 1.74. The number of hydrogen-bond donors (Lipinski definition) is 2. The third-order valence-corrected chi connectivity index (χ3v) is 1.42. The maximum Gasteiger partial charge on any atom is 0.306 e. The van der Waals surface area contributed by atoms with E-state index in [1.807, 2.05) is 0 Å². The quantitative estimate of drug-likeness (QED) is 0.668. The molecule has 2 nitrogen and oxygen atoms in total. The van der Waals surface area contributed by atoms with E-state index < -0.39 is 29.0 Å². The second kappa shape index (κ2) is 3.38. The van der Waals surface area contributed by atoms with Gasteiger partial charge in [0.25, 0.3) is 0 Å². The average molecular weight is 190 g/mol. The second-order valence-corrected chi connectivity index (χ2v) is 2.25. The van der Waals surface area contributed by atoms with Crippen LogP contribution in [0.4, 0.5) is 13.2 Å². The highest BCUT2D eigenvalue weighted by molar-refractivity contribution is 5.68. The molecule has 13 heavy (non-hydrogen) atoms. The SMILES string of the molecule is Oc1cccc(C(F)=C(F)F)c1O. The van der Waals surface area contributed by atoms with Crippen LogP contribution in [0.1, 0.15) is 5.56 Å². The lowest BCUT2D eigenvalue weighted by atomic mass is 10.1. The molecular weight excluding hydrogens is 185 g/mol. The Kier molecular flexibility index (Phi) is 2.46. The summed E-state index contributed by atoms with van der Waals surface area (Å²) in [6.45, 7) is 0. The lowest BCUT2D eigenvalue weighted by molar-refractivity contribution is 0.394. The predicted octanol–water partition coefficient (Wildman–Crippen LogP) is 2.63. The van der Waals surface area contributed by atoms with E-state index in [2.05, 4.69) is 0 Å². The smallest absolute Gasteiger partial charge is 0.306 e. The van der Waals surface area contributed by atoms with Crippen molar-refractivity contribution >= 4 is 5.83 Å². The van der Waals surface area contributed by atoms with Crippen molar-refractivity contribution in [3.63, 3.8) is 0 Å². The molecule has 0 radical (unpaired) electrons. The number of phenolic OH excluding ortho intramolecular Hbond substituents is 2. The van der Waals surface area contributed by atoms with Gasteiger partial charge in [-0.3, -0.25) is 0 Å². The fourth-order valence-corrected chi connectivity index (χ4v) is 0.810. The molecule has 0 fully saturated rings. The minimum Gasteiger partial charge on any atom is -0.504 e. The first kappa shape index (κ1) is 9.44. The Morgan fingerprint density at radius 2 is 1.69 bits per heavy atom. The number of rotatable bonds is 1. The van der Waals surface area contributed by atoms with Gasteiger partial charge in [-0.25, -0.2) is 4.39 Å². The van der Waals surface area contributed by atoms with Gasteiger partial charge in [-0.2, -0.15) is 8.78 Å². The summed E-state index contributed by atoms with van der Waals surface area (Å²) in [6, 6.07) is 3.14. The Balaban J connectivity index is 3.32. The van der Waals surface area contributed by atoms with Crippen LogP contribution in [0, 0.1) is 0 Å². The Bertz CT molecular complexity index is 356. The molecule has 0 spiro atoms. The lowest BCUT2D eigenvalue weighted by Gasteiger charge is -2.02. The van der Waals surface area contributed by atoms with Gasteiger partial charge in [0.1, 0.15) is 0 Å². The van der Waals surface area contributed by atoms with E-state index in [-0.39, 0.29) is 0 Å². The van der Waals surface area contributed by atoms with E-state index in [9.17, 15) is 13.2 Å². The van der Waals surface area contributed by atoms with E-state index in [1.165, 1.54) is 0 Å². The van der Waals surface area contributed by atoms with Gasteiger partial charge in [0, 0.05) is 0 Å². The Labute approximate surface area is 71.6 Å². The zero-order chi connectivity index (χ0) is 10.0. The average Bonchev–Trinajstić information content (AvgIpc) is 2.08. The maximum atomic E-state index is 12.6. The summed E-state index contributed by atoms with van der Waals surface area (Å²) in [7, 11) is 0. The lowest BCUT2D eigenvalue weighted by Crippen LogP contribution is -1.81. The van der Waals surface area contributed by atoms with Crippen molar-refractivity contribution in [1.29, 1.82) is 0 Å². The summed E-state index contributed by atoms with van der Waals surface area (Å²) in [5.74, 6) is -3.38. The Hall–Kier alpha value is -1.65. The van der Waals surface area contributed by atoms with Gasteiger partial charge in [-0.05, 0) is 12.1 Å². The molecule has 0 aliphatic rings. The summed E-state index contributed by atoms with van der Waals surface area (Å²) in [4.78, 5) is 0. The number of benzene rings is 1. The normalized spacial score (nSPS) is 9.77. The molecule has 0 aliphatic heterocycles. The van der Waals surface area contributed by atoms with Crippen LogP contribution in [-0.4, -0.2) is 10.2 Å². The van der Waals surface area contributed by atoms with E-state index in [1.54, 1.807) is 0 Å². The van der Waals surface area contributed by atoms with E-state index in [0.717, 1.165) is 18.2 Å². The summed E-state index contributed by atoms with van der Waals surface area (Å²) in [5.41, 5.74) is -0.722. The minimum atomic E-state index is -2.54. The molecule has 0 amide bonds. The van der Waals surface area contributed by atoms with Gasteiger partial charge in [0.2, 0.25) is 0 Å². The highest BCUT2D eigenvalue weighted by atomic mass is 19.3. The maximum absolute atomic E-state index is 12.6. The topological polar surface area (TPSA) is 40.5 Å². The fraction of sp³-hybridized carbons (Fsp3) is 0. The molecule has 2 N–H and O–H groups in total. The van der Waals surface area contributed by atoms with Crippen molar-refractivity contribution in [2.24, 2.45) is 0 Å². The molecule has 0 saturated heterocycles. The fourth-order valence-electron chi connectivity index (χ4n) is 0.810. The van der Waals surface area contributed by atoms with Crippen molar-refractivity contribution in [2.75, 3.05) is 0 Å². The molecule has 1 aromatic rings. The molecular formula is C8H5F3O2. The zero-order valence-corrected chi connectivity index (χ0v) is 6.26. The molecule has 0 unspecified atom stereocenters. The van der Waals surface area contributed by atoms with Crippen LogP contribution in [-0.2, 0) is 0 Å². The zero-order valence-electron chi connectivity index (χ0n) is 6.26.